The van der Waals surface area contributed by atoms with Crippen molar-refractivity contribution in [1.82, 2.24) is 0 Å². The van der Waals surface area contributed by atoms with E-state index < -0.39 is 0 Å². The standard InChI is InChI=1S/C14H17BrO/c1-13(2)8-12(16)14(3,4)11-7-9(15)5-6-10(11)13/h5-7H,8H2,1-4H3. The Kier molecular flexibility index (Phi) is 2.54. The average Bonchev–Trinajstić information content (AvgIpc) is 2.14. The topological polar surface area (TPSA) is 17.1 Å². The molecule has 0 amide bonds. The lowest BCUT2D eigenvalue weighted by molar-refractivity contribution is -0.125. The van der Waals surface area contributed by atoms with Crippen LogP contribution in [0.2, 0.25) is 0 Å². The van der Waals surface area contributed by atoms with Crippen molar-refractivity contribution in [2.75, 3.05) is 0 Å². The van der Waals surface area contributed by atoms with Gasteiger partial charge in [0.25, 0.3) is 0 Å². The fourth-order valence-electron chi connectivity index (χ4n) is 2.49. The predicted molar refractivity (Wildman–Crippen MR) is 69.8 cm³/mol. The van der Waals surface area contributed by atoms with Gasteiger partial charge in [-0.3, -0.25) is 4.79 Å². The Morgan fingerprint density at radius 3 is 2.38 bits per heavy atom. The summed E-state index contributed by atoms with van der Waals surface area (Å²) in [6.07, 6.45) is 0.634. The number of carbonyl (C=O) groups excluding carboxylic acids is 1. The summed E-state index contributed by atoms with van der Waals surface area (Å²) >= 11 is 3.49. The van der Waals surface area contributed by atoms with E-state index in [0.717, 1.165) is 4.47 Å². The third kappa shape index (κ3) is 1.64. The number of benzene rings is 1. The molecule has 0 N–H and O–H groups in total. The second-order valence-corrected chi connectivity index (χ2v) is 6.71. The number of ketones is 1. The molecule has 0 aliphatic heterocycles. The highest BCUT2D eigenvalue weighted by molar-refractivity contribution is 9.10. The maximum atomic E-state index is 12.2. The van der Waals surface area contributed by atoms with Gasteiger partial charge in [0.05, 0.1) is 0 Å². The van der Waals surface area contributed by atoms with Gasteiger partial charge in [0, 0.05) is 16.3 Å². The zero-order valence-electron chi connectivity index (χ0n) is 10.2. The smallest absolute Gasteiger partial charge is 0.143 e. The molecule has 0 aromatic heterocycles. The number of carbonyl (C=O) groups is 1. The zero-order valence-corrected chi connectivity index (χ0v) is 11.8. The molecule has 0 heterocycles. The minimum Gasteiger partial charge on any atom is -0.299 e. The Labute approximate surface area is 105 Å². The summed E-state index contributed by atoms with van der Waals surface area (Å²) in [5, 5.41) is 0. The van der Waals surface area contributed by atoms with Crippen molar-refractivity contribution in [2.45, 2.75) is 44.9 Å². The molecule has 0 bridgehead atoms. The summed E-state index contributed by atoms with van der Waals surface area (Å²) in [6.45, 7) is 8.34. The molecule has 1 aliphatic rings. The third-order valence-electron chi connectivity index (χ3n) is 3.68. The fraction of sp³-hybridized carbons (Fsp3) is 0.500. The second kappa shape index (κ2) is 3.43. The van der Waals surface area contributed by atoms with Crippen molar-refractivity contribution in [2.24, 2.45) is 0 Å². The first kappa shape index (κ1) is 11.8. The van der Waals surface area contributed by atoms with Crippen molar-refractivity contribution in [3.05, 3.63) is 33.8 Å². The molecular formula is C14H17BrO. The van der Waals surface area contributed by atoms with Gasteiger partial charge in [-0.15, -0.1) is 0 Å². The van der Waals surface area contributed by atoms with E-state index in [1.807, 2.05) is 13.8 Å². The van der Waals surface area contributed by atoms with Crippen molar-refractivity contribution >= 4 is 21.7 Å². The van der Waals surface area contributed by atoms with Crippen LogP contribution in [0.3, 0.4) is 0 Å². The number of hydrogen-bond acceptors (Lipinski definition) is 1. The highest BCUT2D eigenvalue weighted by Crippen LogP contribution is 2.44. The number of hydrogen-bond donors (Lipinski definition) is 0. The van der Waals surface area contributed by atoms with Crippen molar-refractivity contribution < 1.29 is 4.79 Å². The van der Waals surface area contributed by atoms with Gasteiger partial charge in [-0.25, -0.2) is 0 Å². The van der Waals surface area contributed by atoms with Crippen LogP contribution in [0.25, 0.3) is 0 Å². The molecule has 0 radical (unpaired) electrons. The molecule has 0 saturated heterocycles. The zero-order chi connectivity index (χ0) is 12.1. The lowest BCUT2D eigenvalue weighted by Gasteiger charge is -2.40. The number of rotatable bonds is 0. The Morgan fingerprint density at radius 2 is 1.75 bits per heavy atom. The van der Waals surface area contributed by atoms with E-state index in [-0.39, 0.29) is 10.8 Å². The number of Topliss-reactive ketones (excluding diaryl/α,β-unsaturated/α-hetero) is 1. The SMILES string of the molecule is CC1(C)CC(=O)C(C)(C)c2cc(Br)ccc21. The molecule has 2 rings (SSSR count). The molecule has 0 spiro atoms. The van der Waals surface area contributed by atoms with E-state index in [9.17, 15) is 4.79 Å². The molecule has 1 aliphatic carbocycles. The van der Waals surface area contributed by atoms with Gasteiger partial charge < -0.3 is 0 Å². The van der Waals surface area contributed by atoms with Gasteiger partial charge in [0.1, 0.15) is 5.78 Å². The fourth-order valence-corrected chi connectivity index (χ4v) is 2.85. The summed E-state index contributed by atoms with van der Waals surface area (Å²) in [6, 6.07) is 6.30. The monoisotopic (exact) mass is 280 g/mol. The van der Waals surface area contributed by atoms with Crippen LogP contribution in [0.4, 0.5) is 0 Å². The summed E-state index contributed by atoms with van der Waals surface area (Å²) in [4.78, 5) is 12.2. The second-order valence-electron chi connectivity index (χ2n) is 5.80. The molecule has 2 heteroatoms. The summed E-state index contributed by atoms with van der Waals surface area (Å²) < 4.78 is 1.05. The maximum absolute atomic E-state index is 12.2. The Hall–Kier alpha value is -0.630. The molecule has 0 unspecified atom stereocenters. The molecule has 0 atom stereocenters. The molecule has 0 saturated carbocycles. The molecule has 16 heavy (non-hydrogen) atoms. The Balaban J connectivity index is 2.73. The highest BCUT2D eigenvalue weighted by atomic mass is 79.9. The largest absolute Gasteiger partial charge is 0.299 e. The quantitative estimate of drug-likeness (QED) is 0.703. The van der Waals surface area contributed by atoms with Crippen molar-refractivity contribution in [1.29, 1.82) is 0 Å². The summed E-state index contributed by atoms with van der Waals surface area (Å²) in [5.74, 6) is 0.336. The van der Waals surface area contributed by atoms with Crippen LogP contribution >= 0.6 is 15.9 Å². The van der Waals surface area contributed by atoms with Gasteiger partial charge in [0.2, 0.25) is 0 Å². The lowest BCUT2D eigenvalue weighted by Crippen LogP contribution is -2.41. The summed E-state index contributed by atoms with van der Waals surface area (Å²) in [7, 11) is 0. The molecule has 1 aromatic carbocycles. The van der Waals surface area contributed by atoms with Gasteiger partial charge in [-0.2, -0.15) is 0 Å². The van der Waals surface area contributed by atoms with Crippen LogP contribution in [0.5, 0.6) is 0 Å². The Bertz CT molecular complexity index is 458. The predicted octanol–water partition coefficient (Wildman–Crippen LogP) is 3.98. The molecular weight excluding hydrogens is 264 g/mol. The number of halogens is 1. The van der Waals surface area contributed by atoms with Crippen molar-refractivity contribution in [3.8, 4) is 0 Å². The van der Waals surface area contributed by atoms with Crippen LogP contribution in [-0.2, 0) is 15.6 Å². The van der Waals surface area contributed by atoms with E-state index in [4.69, 9.17) is 0 Å². The maximum Gasteiger partial charge on any atom is 0.143 e. The molecule has 0 fully saturated rings. The van der Waals surface area contributed by atoms with Crippen LogP contribution in [0.1, 0.15) is 45.2 Å². The number of fused-ring (bicyclic) bond motifs is 1. The van der Waals surface area contributed by atoms with Crippen LogP contribution in [0.15, 0.2) is 22.7 Å². The first-order valence-corrected chi connectivity index (χ1v) is 6.38. The highest BCUT2D eigenvalue weighted by Gasteiger charge is 2.42. The van der Waals surface area contributed by atoms with Crippen LogP contribution < -0.4 is 0 Å². The van der Waals surface area contributed by atoms with Gasteiger partial charge in [0.15, 0.2) is 0 Å². The minimum absolute atomic E-state index is 0.0391. The summed E-state index contributed by atoms with van der Waals surface area (Å²) in [5.41, 5.74) is 2.08. The van der Waals surface area contributed by atoms with Gasteiger partial charge >= 0.3 is 0 Å². The van der Waals surface area contributed by atoms with Crippen LogP contribution in [-0.4, -0.2) is 5.78 Å². The van der Waals surface area contributed by atoms with Crippen LogP contribution in [0, 0.1) is 0 Å². The van der Waals surface area contributed by atoms with E-state index >= 15 is 0 Å². The third-order valence-corrected chi connectivity index (χ3v) is 4.18. The average molecular weight is 281 g/mol. The lowest BCUT2D eigenvalue weighted by atomic mass is 9.62. The van der Waals surface area contributed by atoms with Crippen molar-refractivity contribution in [3.63, 3.8) is 0 Å². The van der Waals surface area contributed by atoms with Gasteiger partial charge in [-0.05, 0) is 42.5 Å². The molecule has 1 aromatic rings. The van der Waals surface area contributed by atoms with E-state index in [0.29, 0.717) is 12.2 Å². The van der Waals surface area contributed by atoms with E-state index in [2.05, 4.69) is 48.0 Å². The first-order chi connectivity index (χ1) is 7.25. The Morgan fingerprint density at radius 1 is 1.12 bits per heavy atom. The van der Waals surface area contributed by atoms with E-state index in [1.165, 1.54) is 11.1 Å². The molecule has 1 nitrogen and oxygen atoms in total. The van der Waals surface area contributed by atoms with Gasteiger partial charge in [-0.1, -0.05) is 35.8 Å². The first-order valence-electron chi connectivity index (χ1n) is 5.59. The van der Waals surface area contributed by atoms with E-state index in [1.54, 1.807) is 0 Å². The normalized spacial score (nSPS) is 21.7. The minimum atomic E-state index is -0.353. The molecule has 86 valence electrons.